The first-order chi connectivity index (χ1) is 17.6. The van der Waals surface area contributed by atoms with E-state index in [0.717, 1.165) is 12.1 Å². The fourth-order valence-electron chi connectivity index (χ4n) is 3.69. The number of likely N-dealkylation sites (N-methyl/N-ethyl adjacent to an activating group) is 1. The van der Waals surface area contributed by atoms with E-state index in [2.05, 4.69) is 20.6 Å². The molecule has 1 amide bonds. The Morgan fingerprint density at radius 3 is 2.43 bits per heavy atom. The molecule has 0 saturated carbocycles. The molecule has 2 aromatic heterocycles. The lowest BCUT2D eigenvalue weighted by atomic mass is 10.0. The minimum absolute atomic E-state index is 0.0157. The van der Waals surface area contributed by atoms with Gasteiger partial charge in [0.2, 0.25) is 0 Å². The van der Waals surface area contributed by atoms with Gasteiger partial charge in [0.05, 0.1) is 29.1 Å². The summed E-state index contributed by atoms with van der Waals surface area (Å²) in [6.07, 6.45) is -2.92. The molecule has 0 unspecified atom stereocenters. The second-order valence-electron chi connectivity index (χ2n) is 8.19. The van der Waals surface area contributed by atoms with Crippen LogP contribution in [0.2, 0.25) is 0 Å². The first-order valence-corrected chi connectivity index (χ1v) is 11.0. The summed E-state index contributed by atoms with van der Waals surface area (Å²) >= 11 is 0. The van der Waals surface area contributed by atoms with Gasteiger partial charge in [-0.1, -0.05) is 18.2 Å². The van der Waals surface area contributed by atoms with E-state index in [4.69, 9.17) is 11.7 Å². The monoisotopic (exact) mass is 511 g/mol. The second-order valence-corrected chi connectivity index (χ2v) is 8.19. The molecule has 0 fully saturated rings. The summed E-state index contributed by atoms with van der Waals surface area (Å²) in [5.41, 5.74) is 0.175. The molecule has 2 aromatic carbocycles. The van der Waals surface area contributed by atoms with Crippen molar-refractivity contribution in [2.24, 2.45) is 23.8 Å². The fraction of sp³-hybridized carbons (Fsp3) is 0.167. The van der Waals surface area contributed by atoms with Gasteiger partial charge < -0.3 is 11.2 Å². The Morgan fingerprint density at radius 1 is 1.11 bits per heavy atom. The van der Waals surface area contributed by atoms with Crippen molar-refractivity contribution >= 4 is 17.6 Å². The molecule has 0 aliphatic heterocycles. The Kier molecular flexibility index (Phi) is 6.98. The molecule has 4 aromatic rings. The van der Waals surface area contributed by atoms with Crippen LogP contribution in [-0.4, -0.2) is 43.4 Å². The van der Waals surface area contributed by atoms with E-state index in [-0.39, 0.29) is 23.2 Å². The molecule has 0 aliphatic carbocycles. The van der Waals surface area contributed by atoms with Crippen LogP contribution in [0.5, 0.6) is 0 Å². The van der Waals surface area contributed by atoms with Gasteiger partial charge in [-0.05, 0) is 36.4 Å². The lowest BCUT2D eigenvalue weighted by Gasteiger charge is -2.14. The summed E-state index contributed by atoms with van der Waals surface area (Å²) in [7, 11) is 3.17. The van der Waals surface area contributed by atoms with E-state index in [1.54, 1.807) is 44.4 Å². The van der Waals surface area contributed by atoms with Crippen molar-refractivity contribution in [3.05, 3.63) is 83.7 Å². The maximum Gasteiger partial charge on any atom is 0.417 e. The highest BCUT2D eigenvalue weighted by Crippen LogP contribution is 2.37. The molecule has 0 spiro atoms. The van der Waals surface area contributed by atoms with Gasteiger partial charge in [0.1, 0.15) is 11.7 Å². The van der Waals surface area contributed by atoms with Crippen LogP contribution in [0.15, 0.2) is 72.0 Å². The van der Waals surface area contributed by atoms with Crippen molar-refractivity contribution in [2.75, 3.05) is 12.4 Å². The number of alkyl halides is 3. The Bertz CT molecular complexity index is 1440. The number of aryl methyl sites for hydroxylation is 1. The van der Waals surface area contributed by atoms with Crippen LogP contribution >= 0.6 is 0 Å². The van der Waals surface area contributed by atoms with Crippen LogP contribution in [0.4, 0.5) is 19.0 Å². The zero-order valence-corrected chi connectivity index (χ0v) is 19.9. The third-order valence-electron chi connectivity index (χ3n) is 5.47. The molecular formula is C24H24F3N9O. The molecule has 13 heteroatoms. The predicted octanol–water partition coefficient (Wildman–Crippen LogP) is 3.16. The Hall–Kier alpha value is -4.65. The number of hydrazone groups is 1. The van der Waals surface area contributed by atoms with E-state index in [9.17, 15) is 18.0 Å². The smallest absolute Gasteiger partial charge is 0.322 e. The number of carbonyl (C=O) groups excluding carboxylic acids is 1. The van der Waals surface area contributed by atoms with Crippen LogP contribution in [0, 0.1) is 0 Å². The summed E-state index contributed by atoms with van der Waals surface area (Å²) in [5.74, 6) is 11.2. The number of nitrogens with one attached hydrogen (secondary N) is 1. The Morgan fingerprint density at radius 2 is 1.84 bits per heavy atom. The molecule has 2 heterocycles. The summed E-state index contributed by atoms with van der Waals surface area (Å²) in [4.78, 5) is 13.2. The minimum Gasteiger partial charge on any atom is -0.322 e. The molecule has 0 saturated heterocycles. The lowest BCUT2D eigenvalue weighted by Crippen LogP contribution is -2.35. The number of nitrogens with zero attached hydrogens (tertiary/aromatic N) is 6. The van der Waals surface area contributed by atoms with E-state index in [1.165, 1.54) is 32.7 Å². The zero-order chi connectivity index (χ0) is 26.7. The van der Waals surface area contributed by atoms with Crippen LogP contribution in [0.3, 0.4) is 0 Å². The average Bonchev–Trinajstić information content (AvgIpc) is 3.47. The fourth-order valence-corrected chi connectivity index (χ4v) is 3.69. The van der Waals surface area contributed by atoms with Crippen LogP contribution < -0.4 is 17.0 Å². The molecule has 192 valence electrons. The minimum atomic E-state index is -4.62. The van der Waals surface area contributed by atoms with E-state index >= 15 is 0 Å². The first-order valence-electron chi connectivity index (χ1n) is 11.0. The van der Waals surface area contributed by atoms with Gasteiger partial charge >= 0.3 is 6.18 Å². The number of hydrogen-bond acceptors (Lipinski definition) is 6. The first kappa shape index (κ1) is 25.4. The number of amidine groups is 1. The highest BCUT2D eigenvalue weighted by molar-refractivity contribution is 6.05. The van der Waals surface area contributed by atoms with Crippen molar-refractivity contribution < 1.29 is 18.0 Å². The van der Waals surface area contributed by atoms with Crippen LogP contribution in [0.1, 0.15) is 21.6 Å². The number of hydrogen-bond donors (Lipinski definition) is 3. The molecule has 0 radical (unpaired) electrons. The third kappa shape index (κ3) is 5.62. The van der Waals surface area contributed by atoms with Gasteiger partial charge in [-0.2, -0.15) is 28.5 Å². The van der Waals surface area contributed by atoms with Crippen molar-refractivity contribution in [3.8, 4) is 16.9 Å². The predicted molar refractivity (Wildman–Crippen MR) is 132 cm³/mol. The highest BCUT2D eigenvalue weighted by Gasteiger charge is 2.34. The molecule has 37 heavy (non-hydrogen) atoms. The van der Waals surface area contributed by atoms with Gasteiger partial charge in [0, 0.05) is 37.5 Å². The number of benzene rings is 2. The Labute approximate surface area is 209 Å². The molecule has 10 nitrogen and oxygen atoms in total. The molecule has 0 bridgehead atoms. The van der Waals surface area contributed by atoms with E-state index in [0.29, 0.717) is 23.0 Å². The van der Waals surface area contributed by atoms with Gasteiger partial charge in [-0.15, -0.1) is 0 Å². The maximum atomic E-state index is 13.7. The molecule has 4 rings (SSSR count). The normalized spacial score (nSPS) is 12.0. The third-order valence-corrected chi connectivity index (χ3v) is 5.47. The summed E-state index contributed by atoms with van der Waals surface area (Å²) in [6, 6.07) is 15.3. The average molecular weight is 512 g/mol. The number of rotatable bonds is 6. The SMILES string of the molecule is CN(N)/C(Cc1cc(NC(=O)c2ccc(C(F)(F)F)c(-c3ccn(C)n3)c2)n(-c2ccccc2)n1)=N\N. The van der Waals surface area contributed by atoms with Gasteiger partial charge in [-0.3, -0.25) is 14.5 Å². The number of amides is 1. The van der Waals surface area contributed by atoms with Crippen molar-refractivity contribution in [3.63, 3.8) is 0 Å². The number of aromatic nitrogens is 4. The number of hydrazine groups is 1. The molecule has 0 aliphatic rings. The molecule has 5 N–H and O–H groups in total. The summed E-state index contributed by atoms with van der Waals surface area (Å²) in [6.45, 7) is 0. The second kappa shape index (κ2) is 10.1. The summed E-state index contributed by atoms with van der Waals surface area (Å²) < 4.78 is 43.9. The quantitative estimate of drug-likeness (QED) is 0.158. The van der Waals surface area contributed by atoms with E-state index in [1.807, 2.05) is 6.07 Å². The maximum absolute atomic E-state index is 13.7. The van der Waals surface area contributed by atoms with Gasteiger partial charge in [0.15, 0.2) is 0 Å². The number of carbonyl (C=O) groups is 1. The highest BCUT2D eigenvalue weighted by atomic mass is 19.4. The zero-order valence-electron chi connectivity index (χ0n) is 19.9. The van der Waals surface area contributed by atoms with Crippen molar-refractivity contribution in [1.82, 2.24) is 24.6 Å². The molecular weight excluding hydrogens is 487 g/mol. The van der Waals surface area contributed by atoms with Crippen LogP contribution in [-0.2, 0) is 19.6 Å². The lowest BCUT2D eigenvalue weighted by molar-refractivity contribution is -0.137. The number of nitrogens with two attached hydrogens (primary N) is 2. The number of halogens is 3. The standard InChI is InChI=1S/C24H24F3N9O/c1-34-11-10-20(33-34)18-12-15(8-9-19(18)24(25,26)27)23(37)30-21-13-16(14-22(31-28)35(2)29)32-36(21)17-6-4-3-5-7-17/h3-13H,14,28-29H2,1-2H3,(H,30,37)/b31-22-. The number of para-hydroxylation sites is 1. The summed E-state index contributed by atoms with van der Waals surface area (Å²) in [5, 5.41) is 16.3. The largest absolute Gasteiger partial charge is 0.417 e. The van der Waals surface area contributed by atoms with Crippen molar-refractivity contribution in [2.45, 2.75) is 12.6 Å². The van der Waals surface area contributed by atoms with Crippen LogP contribution in [0.25, 0.3) is 16.9 Å². The van der Waals surface area contributed by atoms with Crippen molar-refractivity contribution in [1.29, 1.82) is 0 Å². The Balaban J connectivity index is 1.71. The van der Waals surface area contributed by atoms with Gasteiger partial charge in [0.25, 0.3) is 5.91 Å². The molecule has 0 atom stereocenters. The topological polar surface area (TPSA) is 132 Å². The van der Waals surface area contributed by atoms with E-state index < -0.39 is 17.6 Å². The van der Waals surface area contributed by atoms with Gasteiger partial charge in [-0.25, -0.2) is 10.5 Å². The number of anilines is 1.